The van der Waals surface area contributed by atoms with Gasteiger partial charge in [-0.15, -0.1) is 0 Å². The van der Waals surface area contributed by atoms with Crippen molar-refractivity contribution in [3.63, 3.8) is 0 Å². The van der Waals surface area contributed by atoms with E-state index in [2.05, 4.69) is 50.1 Å². The molecule has 0 amide bonds. The van der Waals surface area contributed by atoms with E-state index in [1.807, 2.05) is 30.3 Å². The average molecular weight is 310 g/mol. The van der Waals surface area contributed by atoms with Gasteiger partial charge in [0.1, 0.15) is 5.82 Å². The minimum absolute atomic E-state index is 0.357. The van der Waals surface area contributed by atoms with Crippen LogP contribution in [0.25, 0.3) is 0 Å². The van der Waals surface area contributed by atoms with Gasteiger partial charge in [0, 0.05) is 18.2 Å². The fourth-order valence-corrected chi connectivity index (χ4v) is 2.51. The Bertz CT molecular complexity index is 658. The first-order valence-electron chi connectivity index (χ1n) is 7.97. The highest BCUT2D eigenvalue weighted by atomic mass is 16.7. The zero-order valence-electron chi connectivity index (χ0n) is 14.2. The number of pyridine rings is 1. The predicted octanol–water partition coefficient (Wildman–Crippen LogP) is 2.99. The molecule has 0 saturated carbocycles. The lowest BCUT2D eigenvalue weighted by Gasteiger charge is -2.32. The van der Waals surface area contributed by atoms with Crippen LogP contribution in [-0.2, 0) is 15.9 Å². The smallest absolute Gasteiger partial charge is 0.399 e. The second-order valence-electron chi connectivity index (χ2n) is 6.87. The minimum Gasteiger partial charge on any atom is -0.399 e. The van der Waals surface area contributed by atoms with Crippen LogP contribution >= 0.6 is 0 Å². The summed E-state index contributed by atoms with van der Waals surface area (Å²) in [6, 6.07) is 14.2. The molecule has 4 nitrogen and oxygen atoms in total. The third kappa shape index (κ3) is 3.26. The van der Waals surface area contributed by atoms with E-state index in [-0.39, 0.29) is 11.2 Å². The highest BCUT2D eigenvalue weighted by Crippen LogP contribution is 2.36. The van der Waals surface area contributed by atoms with Gasteiger partial charge >= 0.3 is 7.12 Å². The topological polar surface area (TPSA) is 43.4 Å². The summed E-state index contributed by atoms with van der Waals surface area (Å²) in [5.74, 6) is 0.801. The van der Waals surface area contributed by atoms with Crippen LogP contribution in [0.3, 0.4) is 0 Å². The zero-order valence-corrected chi connectivity index (χ0v) is 14.2. The highest BCUT2D eigenvalue weighted by Gasteiger charge is 2.52. The van der Waals surface area contributed by atoms with E-state index in [9.17, 15) is 0 Å². The molecule has 0 bridgehead atoms. The number of rotatable bonds is 4. The Labute approximate surface area is 138 Å². The standard InChI is InChI=1S/C18H23BN2O2/c1-17(2)18(3,4)23-19(22-17)15-11-8-12-20-16(15)21-13-14-9-6-5-7-10-14/h5-12H,13H2,1-4H3,(H,20,21). The van der Waals surface area contributed by atoms with E-state index < -0.39 is 7.12 Å². The maximum Gasteiger partial charge on any atom is 0.498 e. The molecule has 0 spiro atoms. The van der Waals surface area contributed by atoms with Gasteiger partial charge in [-0.2, -0.15) is 0 Å². The molecule has 120 valence electrons. The normalized spacial score (nSPS) is 18.9. The van der Waals surface area contributed by atoms with Crippen LogP contribution < -0.4 is 10.8 Å². The average Bonchev–Trinajstić information content (AvgIpc) is 2.75. The lowest BCUT2D eigenvalue weighted by Crippen LogP contribution is -2.41. The second-order valence-corrected chi connectivity index (χ2v) is 6.87. The summed E-state index contributed by atoms with van der Waals surface area (Å²) in [7, 11) is -0.410. The Kier molecular flexibility index (Phi) is 4.17. The number of aromatic nitrogens is 1. The fraction of sp³-hybridized carbons (Fsp3) is 0.389. The minimum atomic E-state index is -0.410. The Balaban J connectivity index is 1.79. The summed E-state index contributed by atoms with van der Waals surface area (Å²) in [6.07, 6.45) is 1.78. The molecule has 1 N–H and O–H groups in total. The van der Waals surface area contributed by atoms with Crippen molar-refractivity contribution in [3.05, 3.63) is 54.2 Å². The van der Waals surface area contributed by atoms with E-state index in [4.69, 9.17) is 9.31 Å². The molecule has 0 aliphatic carbocycles. The van der Waals surface area contributed by atoms with Crippen LogP contribution in [-0.4, -0.2) is 23.3 Å². The van der Waals surface area contributed by atoms with Crippen molar-refractivity contribution in [1.82, 2.24) is 4.98 Å². The van der Waals surface area contributed by atoms with Crippen molar-refractivity contribution in [2.45, 2.75) is 45.4 Å². The lowest BCUT2D eigenvalue weighted by molar-refractivity contribution is 0.00578. The predicted molar refractivity (Wildman–Crippen MR) is 93.7 cm³/mol. The number of nitrogens with zero attached hydrogens (tertiary/aromatic N) is 1. The SMILES string of the molecule is CC1(C)OB(c2cccnc2NCc2ccccc2)OC1(C)C. The molecule has 1 saturated heterocycles. The highest BCUT2D eigenvalue weighted by molar-refractivity contribution is 6.63. The van der Waals surface area contributed by atoms with Gasteiger partial charge in [-0.1, -0.05) is 36.4 Å². The first-order chi connectivity index (χ1) is 10.9. The van der Waals surface area contributed by atoms with Crippen molar-refractivity contribution >= 4 is 18.4 Å². The summed E-state index contributed by atoms with van der Waals surface area (Å²) in [5, 5.41) is 3.39. The number of benzene rings is 1. The first-order valence-corrected chi connectivity index (χ1v) is 7.97. The maximum absolute atomic E-state index is 6.14. The molecule has 3 rings (SSSR count). The molecule has 2 heterocycles. The molecule has 0 radical (unpaired) electrons. The molecule has 23 heavy (non-hydrogen) atoms. The van der Waals surface area contributed by atoms with Crippen molar-refractivity contribution in [3.8, 4) is 0 Å². The number of hydrogen-bond acceptors (Lipinski definition) is 4. The molecular weight excluding hydrogens is 287 g/mol. The number of hydrogen-bond donors (Lipinski definition) is 1. The van der Waals surface area contributed by atoms with Gasteiger partial charge in [-0.05, 0) is 39.3 Å². The molecule has 1 aromatic heterocycles. The Morgan fingerprint density at radius 2 is 1.61 bits per heavy atom. The van der Waals surface area contributed by atoms with Crippen molar-refractivity contribution < 1.29 is 9.31 Å². The van der Waals surface area contributed by atoms with E-state index in [1.54, 1.807) is 6.20 Å². The second kappa shape index (κ2) is 5.98. The Morgan fingerprint density at radius 3 is 2.26 bits per heavy atom. The van der Waals surface area contributed by atoms with Gasteiger partial charge in [0.25, 0.3) is 0 Å². The molecule has 2 aromatic rings. The van der Waals surface area contributed by atoms with Crippen LogP contribution in [0.4, 0.5) is 5.82 Å². The molecular formula is C18H23BN2O2. The van der Waals surface area contributed by atoms with Crippen LogP contribution in [0.1, 0.15) is 33.3 Å². The third-order valence-electron chi connectivity index (χ3n) is 4.65. The van der Waals surface area contributed by atoms with Gasteiger partial charge < -0.3 is 14.6 Å². The fourth-order valence-electron chi connectivity index (χ4n) is 2.51. The third-order valence-corrected chi connectivity index (χ3v) is 4.65. The molecule has 1 fully saturated rings. The quantitative estimate of drug-likeness (QED) is 0.882. The summed E-state index contributed by atoms with van der Waals surface area (Å²) >= 11 is 0. The van der Waals surface area contributed by atoms with Crippen molar-refractivity contribution in [2.75, 3.05) is 5.32 Å². The maximum atomic E-state index is 6.14. The first kappa shape index (κ1) is 16.0. The van der Waals surface area contributed by atoms with Crippen LogP contribution in [0.2, 0.25) is 0 Å². The number of anilines is 1. The Morgan fingerprint density at radius 1 is 0.957 bits per heavy atom. The molecule has 1 aliphatic heterocycles. The summed E-state index contributed by atoms with van der Waals surface area (Å²) in [5.41, 5.74) is 1.43. The number of nitrogens with one attached hydrogen (secondary N) is 1. The lowest BCUT2D eigenvalue weighted by atomic mass is 9.79. The van der Waals surface area contributed by atoms with E-state index in [0.29, 0.717) is 6.54 Å². The molecule has 5 heteroatoms. The summed E-state index contributed by atoms with van der Waals surface area (Å²) in [4.78, 5) is 4.46. The van der Waals surface area contributed by atoms with Gasteiger partial charge in [-0.25, -0.2) is 4.98 Å². The van der Waals surface area contributed by atoms with Gasteiger partial charge in [0.2, 0.25) is 0 Å². The van der Waals surface area contributed by atoms with Gasteiger partial charge in [0.15, 0.2) is 0 Å². The summed E-state index contributed by atoms with van der Waals surface area (Å²) < 4.78 is 12.3. The molecule has 1 aliphatic rings. The van der Waals surface area contributed by atoms with Crippen molar-refractivity contribution in [1.29, 1.82) is 0 Å². The summed E-state index contributed by atoms with van der Waals surface area (Å²) in [6.45, 7) is 8.94. The van der Waals surface area contributed by atoms with Crippen LogP contribution in [0.5, 0.6) is 0 Å². The van der Waals surface area contributed by atoms with Crippen molar-refractivity contribution in [2.24, 2.45) is 0 Å². The zero-order chi connectivity index (χ0) is 16.5. The van der Waals surface area contributed by atoms with Gasteiger partial charge in [-0.3, -0.25) is 0 Å². The largest absolute Gasteiger partial charge is 0.498 e. The van der Waals surface area contributed by atoms with E-state index in [1.165, 1.54) is 5.56 Å². The van der Waals surface area contributed by atoms with Crippen LogP contribution in [0.15, 0.2) is 48.7 Å². The van der Waals surface area contributed by atoms with Crippen LogP contribution in [0, 0.1) is 0 Å². The van der Waals surface area contributed by atoms with E-state index >= 15 is 0 Å². The van der Waals surface area contributed by atoms with Gasteiger partial charge in [0.05, 0.1) is 11.2 Å². The monoisotopic (exact) mass is 310 g/mol. The Hall–Kier alpha value is -1.85. The molecule has 1 aromatic carbocycles. The van der Waals surface area contributed by atoms with E-state index in [0.717, 1.165) is 11.3 Å². The molecule has 0 unspecified atom stereocenters. The molecule has 0 atom stereocenters.